The smallest absolute Gasteiger partial charge is 0.168 e. The Hall–Kier alpha value is -2.01. The summed E-state index contributed by atoms with van der Waals surface area (Å²) in [5, 5.41) is 2.76. The van der Waals surface area contributed by atoms with Crippen LogP contribution >= 0.6 is 0 Å². The van der Waals surface area contributed by atoms with Crippen molar-refractivity contribution >= 4 is 5.82 Å². The Balaban J connectivity index is 1.99. The third-order valence-corrected chi connectivity index (χ3v) is 2.52. The minimum atomic E-state index is -0.727. The van der Waals surface area contributed by atoms with Gasteiger partial charge in [0.25, 0.3) is 0 Å². The number of hydrogen-bond acceptors (Lipinski definition) is 3. The van der Waals surface area contributed by atoms with Crippen molar-refractivity contribution in [2.45, 2.75) is 6.04 Å². The predicted molar refractivity (Wildman–Crippen MR) is 66.0 cm³/mol. The summed E-state index contributed by atoms with van der Waals surface area (Å²) in [6.07, 6.45) is 0.958. The number of pyridine rings is 1. The highest BCUT2D eigenvalue weighted by Gasteiger charge is 2.08. The van der Waals surface area contributed by atoms with E-state index in [-0.39, 0.29) is 11.9 Å². The van der Waals surface area contributed by atoms with Gasteiger partial charge in [-0.1, -0.05) is 30.3 Å². The van der Waals surface area contributed by atoms with Crippen molar-refractivity contribution in [1.29, 1.82) is 0 Å². The van der Waals surface area contributed by atoms with E-state index in [1.54, 1.807) is 0 Å². The summed E-state index contributed by atoms with van der Waals surface area (Å²) < 4.78 is 26.0. The molecule has 0 bridgehead atoms. The van der Waals surface area contributed by atoms with Crippen molar-refractivity contribution in [1.82, 2.24) is 4.98 Å². The zero-order chi connectivity index (χ0) is 13.0. The first-order valence-electron chi connectivity index (χ1n) is 5.52. The molecule has 2 rings (SSSR count). The van der Waals surface area contributed by atoms with Crippen molar-refractivity contribution in [2.75, 3.05) is 11.9 Å². The van der Waals surface area contributed by atoms with E-state index in [1.807, 2.05) is 30.3 Å². The van der Waals surface area contributed by atoms with Crippen LogP contribution in [0.3, 0.4) is 0 Å². The van der Waals surface area contributed by atoms with E-state index in [9.17, 15) is 8.78 Å². The van der Waals surface area contributed by atoms with E-state index >= 15 is 0 Å². The molecule has 0 saturated heterocycles. The topological polar surface area (TPSA) is 50.9 Å². The van der Waals surface area contributed by atoms with E-state index in [0.717, 1.165) is 17.8 Å². The number of nitrogens with two attached hydrogens (primary N) is 1. The van der Waals surface area contributed by atoms with Crippen LogP contribution in [-0.4, -0.2) is 11.5 Å². The molecule has 0 saturated carbocycles. The molecule has 1 aromatic heterocycles. The van der Waals surface area contributed by atoms with E-state index in [2.05, 4.69) is 10.3 Å². The maximum atomic E-state index is 13.3. The molecular formula is C13H13F2N3. The third-order valence-electron chi connectivity index (χ3n) is 2.52. The number of hydrogen-bond donors (Lipinski definition) is 2. The Morgan fingerprint density at radius 3 is 2.61 bits per heavy atom. The fourth-order valence-corrected chi connectivity index (χ4v) is 1.57. The van der Waals surface area contributed by atoms with Crippen molar-refractivity contribution in [3.63, 3.8) is 0 Å². The molecule has 18 heavy (non-hydrogen) atoms. The van der Waals surface area contributed by atoms with Gasteiger partial charge in [0.05, 0.1) is 6.20 Å². The molecule has 1 atom stereocenters. The summed E-state index contributed by atoms with van der Waals surface area (Å²) in [5.74, 6) is -1.43. The molecule has 0 radical (unpaired) electrons. The van der Waals surface area contributed by atoms with Crippen LogP contribution in [0.4, 0.5) is 14.6 Å². The van der Waals surface area contributed by atoms with Crippen LogP contribution < -0.4 is 11.1 Å². The van der Waals surface area contributed by atoms with Crippen LogP contribution in [0.1, 0.15) is 11.6 Å². The van der Waals surface area contributed by atoms with Crippen LogP contribution in [0.25, 0.3) is 0 Å². The molecule has 1 heterocycles. The lowest BCUT2D eigenvalue weighted by atomic mass is 10.1. The molecular weight excluding hydrogens is 236 g/mol. The molecule has 2 aromatic rings. The zero-order valence-electron chi connectivity index (χ0n) is 9.61. The third kappa shape index (κ3) is 3.01. The van der Waals surface area contributed by atoms with Crippen molar-refractivity contribution in [3.8, 4) is 0 Å². The number of halogens is 2. The fraction of sp³-hybridized carbons (Fsp3) is 0.154. The van der Waals surface area contributed by atoms with Gasteiger partial charge >= 0.3 is 0 Å². The van der Waals surface area contributed by atoms with Crippen molar-refractivity contribution < 1.29 is 8.78 Å². The Morgan fingerprint density at radius 1 is 1.22 bits per heavy atom. The lowest BCUT2D eigenvalue weighted by Crippen LogP contribution is -2.21. The summed E-state index contributed by atoms with van der Waals surface area (Å²) in [6, 6.07) is 9.94. The predicted octanol–water partition coefficient (Wildman–Crippen LogP) is 2.47. The van der Waals surface area contributed by atoms with Crippen molar-refractivity contribution in [2.24, 2.45) is 5.73 Å². The second-order valence-electron chi connectivity index (χ2n) is 3.88. The van der Waals surface area contributed by atoms with E-state index < -0.39 is 11.6 Å². The van der Waals surface area contributed by atoms with Gasteiger partial charge in [-0.2, -0.15) is 0 Å². The summed E-state index contributed by atoms with van der Waals surface area (Å²) >= 11 is 0. The first-order chi connectivity index (χ1) is 8.66. The van der Waals surface area contributed by atoms with Gasteiger partial charge in [0.2, 0.25) is 0 Å². The van der Waals surface area contributed by atoms with Gasteiger partial charge in [-0.15, -0.1) is 0 Å². The molecule has 0 aliphatic rings. The normalized spacial score (nSPS) is 12.2. The number of nitrogens with zero attached hydrogens (tertiary/aromatic N) is 1. The molecule has 0 fully saturated rings. The summed E-state index contributed by atoms with van der Waals surface area (Å²) in [7, 11) is 0. The largest absolute Gasteiger partial charge is 0.366 e. The minimum Gasteiger partial charge on any atom is -0.366 e. The van der Waals surface area contributed by atoms with E-state index in [1.165, 1.54) is 0 Å². The standard InChI is InChI=1S/C13H13F2N3/c14-10-6-11(15)13(17-7-10)18-8-12(16)9-4-2-1-3-5-9/h1-7,12H,8,16H2,(H,17,18). The van der Waals surface area contributed by atoms with Crippen LogP contribution in [0.5, 0.6) is 0 Å². The second-order valence-corrected chi connectivity index (χ2v) is 3.88. The minimum absolute atomic E-state index is 0.00258. The Kier molecular flexibility index (Phi) is 3.84. The summed E-state index contributed by atoms with van der Waals surface area (Å²) in [4.78, 5) is 3.63. The molecule has 0 spiro atoms. The van der Waals surface area contributed by atoms with Gasteiger partial charge in [0, 0.05) is 18.7 Å². The van der Waals surface area contributed by atoms with Gasteiger partial charge in [-0.05, 0) is 5.56 Å². The van der Waals surface area contributed by atoms with Crippen LogP contribution in [0.2, 0.25) is 0 Å². The molecule has 3 N–H and O–H groups in total. The maximum Gasteiger partial charge on any atom is 0.168 e. The van der Waals surface area contributed by atoms with Crippen LogP contribution in [-0.2, 0) is 0 Å². The highest BCUT2D eigenvalue weighted by atomic mass is 19.1. The van der Waals surface area contributed by atoms with Crippen LogP contribution in [0, 0.1) is 11.6 Å². The molecule has 0 aliphatic carbocycles. The summed E-state index contributed by atoms with van der Waals surface area (Å²) in [6.45, 7) is 0.319. The highest BCUT2D eigenvalue weighted by molar-refractivity contribution is 5.36. The molecule has 5 heteroatoms. The first kappa shape index (κ1) is 12.4. The lowest BCUT2D eigenvalue weighted by molar-refractivity contribution is 0.574. The van der Waals surface area contributed by atoms with Gasteiger partial charge in [0.15, 0.2) is 11.6 Å². The molecule has 0 aliphatic heterocycles. The maximum absolute atomic E-state index is 13.3. The Bertz CT molecular complexity index is 517. The molecule has 0 amide bonds. The number of anilines is 1. The van der Waals surface area contributed by atoms with Crippen LogP contribution in [0.15, 0.2) is 42.6 Å². The first-order valence-corrected chi connectivity index (χ1v) is 5.52. The van der Waals surface area contributed by atoms with Gasteiger partial charge < -0.3 is 11.1 Å². The second kappa shape index (κ2) is 5.55. The highest BCUT2D eigenvalue weighted by Crippen LogP contribution is 2.14. The summed E-state index contributed by atoms with van der Waals surface area (Å²) in [5.41, 5.74) is 6.87. The zero-order valence-corrected chi connectivity index (χ0v) is 9.61. The SMILES string of the molecule is NC(CNc1ncc(F)cc1F)c1ccccc1. The number of benzene rings is 1. The van der Waals surface area contributed by atoms with Crippen molar-refractivity contribution in [3.05, 3.63) is 59.8 Å². The number of aromatic nitrogens is 1. The average Bonchev–Trinajstić information content (AvgIpc) is 2.38. The van der Waals surface area contributed by atoms with E-state index in [0.29, 0.717) is 6.54 Å². The quantitative estimate of drug-likeness (QED) is 0.875. The monoisotopic (exact) mass is 249 g/mol. The van der Waals surface area contributed by atoms with Gasteiger partial charge in [-0.3, -0.25) is 0 Å². The van der Waals surface area contributed by atoms with E-state index in [4.69, 9.17) is 5.73 Å². The molecule has 1 unspecified atom stereocenters. The fourth-order valence-electron chi connectivity index (χ4n) is 1.57. The molecule has 3 nitrogen and oxygen atoms in total. The lowest BCUT2D eigenvalue weighted by Gasteiger charge is -2.13. The number of rotatable bonds is 4. The Labute approximate surface area is 104 Å². The van der Waals surface area contributed by atoms with Gasteiger partial charge in [-0.25, -0.2) is 13.8 Å². The molecule has 1 aromatic carbocycles. The molecule has 94 valence electrons. The van der Waals surface area contributed by atoms with Gasteiger partial charge in [0.1, 0.15) is 5.82 Å². The number of nitrogens with one attached hydrogen (secondary N) is 1. The Morgan fingerprint density at radius 2 is 1.94 bits per heavy atom. The average molecular weight is 249 g/mol.